The second kappa shape index (κ2) is 10.4. The fraction of sp³-hybridized carbons (Fsp3) is 0.185. The van der Waals surface area contributed by atoms with Crippen LogP contribution in [0.5, 0.6) is 5.75 Å². The number of nitrogens with one attached hydrogen (secondary N) is 1. The number of amides is 2. The molecule has 1 N–H and O–H groups in total. The van der Waals surface area contributed by atoms with Gasteiger partial charge in [-0.1, -0.05) is 66.2 Å². The van der Waals surface area contributed by atoms with Crippen molar-refractivity contribution in [2.45, 2.75) is 25.8 Å². The first kappa shape index (κ1) is 22.6. The van der Waals surface area contributed by atoms with Crippen LogP contribution in [0.4, 0.5) is 5.69 Å². The van der Waals surface area contributed by atoms with E-state index in [0.717, 1.165) is 18.4 Å². The van der Waals surface area contributed by atoms with Gasteiger partial charge in [-0.3, -0.25) is 14.5 Å². The van der Waals surface area contributed by atoms with Gasteiger partial charge < -0.3 is 10.1 Å². The number of hydrogen-bond acceptors (Lipinski definition) is 3. The maximum atomic E-state index is 13.2. The normalized spacial score (nSPS) is 15.0. The van der Waals surface area contributed by atoms with Crippen LogP contribution in [0, 0.1) is 0 Å². The molecule has 3 aromatic carbocycles. The Balaban J connectivity index is 1.47. The van der Waals surface area contributed by atoms with Gasteiger partial charge >= 0.3 is 0 Å². The van der Waals surface area contributed by atoms with Crippen molar-refractivity contribution in [3.05, 3.63) is 101 Å². The Morgan fingerprint density at radius 2 is 1.82 bits per heavy atom. The molecule has 0 bridgehead atoms. The van der Waals surface area contributed by atoms with Crippen LogP contribution >= 0.6 is 11.6 Å². The van der Waals surface area contributed by atoms with Crippen molar-refractivity contribution < 1.29 is 14.3 Å². The lowest BCUT2D eigenvalue weighted by Crippen LogP contribution is -2.46. The lowest BCUT2D eigenvalue weighted by atomic mass is 10.1. The maximum Gasteiger partial charge on any atom is 0.294 e. The van der Waals surface area contributed by atoms with E-state index in [4.69, 9.17) is 16.3 Å². The van der Waals surface area contributed by atoms with Gasteiger partial charge in [0, 0.05) is 11.1 Å². The first-order valence-corrected chi connectivity index (χ1v) is 11.3. The van der Waals surface area contributed by atoms with Gasteiger partial charge in [-0.05, 0) is 61.2 Å². The molecule has 3 aromatic rings. The highest BCUT2D eigenvalue weighted by molar-refractivity contribution is 6.30. The number of para-hydroxylation sites is 2. The van der Waals surface area contributed by atoms with Gasteiger partial charge in [-0.2, -0.15) is 0 Å². The van der Waals surface area contributed by atoms with Gasteiger partial charge in [0.1, 0.15) is 6.54 Å². The predicted octanol–water partition coefficient (Wildman–Crippen LogP) is 5.24. The third-order valence-electron chi connectivity index (χ3n) is 5.40. The summed E-state index contributed by atoms with van der Waals surface area (Å²) in [7, 11) is 0. The number of carbonyl (C=O) groups is 2. The molecule has 0 unspecified atom stereocenters. The Kier molecular flexibility index (Phi) is 7.10. The largest absolute Gasteiger partial charge is 0.449 e. The number of halogens is 1. The van der Waals surface area contributed by atoms with E-state index < -0.39 is 0 Å². The van der Waals surface area contributed by atoms with E-state index in [1.165, 1.54) is 10.5 Å². The summed E-state index contributed by atoms with van der Waals surface area (Å²) in [4.78, 5) is 27.5. The Bertz CT molecular complexity index is 1180. The molecule has 0 radical (unpaired) electrons. The second-order valence-electron chi connectivity index (χ2n) is 8.02. The maximum absolute atomic E-state index is 13.2. The minimum Gasteiger partial charge on any atom is -0.449 e. The zero-order valence-electron chi connectivity index (χ0n) is 18.3. The third kappa shape index (κ3) is 5.82. The molecule has 1 heterocycles. The van der Waals surface area contributed by atoms with E-state index in [1.807, 2.05) is 43.3 Å². The van der Waals surface area contributed by atoms with Crippen LogP contribution in [-0.4, -0.2) is 24.4 Å². The molecule has 6 heteroatoms. The highest BCUT2D eigenvalue weighted by Crippen LogP contribution is 2.35. The van der Waals surface area contributed by atoms with Crippen LogP contribution in [0.2, 0.25) is 5.02 Å². The SMILES string of the molecule is C[C@@H](CCc1ccccc1)NC(=O)CN1C(=O)/C(=C\c2cccc(Cl)c2)Oc2ccccc21. The molecular weight excluding hydrogens is 436 g/mol. The summed E-state index contributed by atoms with van der Waals surface area (Å²) >= 11 is 6.07. The molecule has 0 saturated heterocycles. The van der Waals surface area contributed by atoms with Gasteiger partial charge in [0.25, 0.3) is 5.91 Å². The number of ether oxygens (including phenoxy) is 1. The summed E-state index contributed by atoms with van der Waals surface area (Å²) < 4.78 is 5.86. The summed E-state index contributed by atoms with van der Waals surface area (Å²) in [6.07, 6.45) is 3.31. The first-order chi connectivity index (χ1) is 16.0. The number of benzene rings is 3. The fourth-order valence-corrected chi connectivity index (χ4v) is 3.93. The van der Waals surface area contributed by atoms with Gasteiger partial charge in [-0.25, -0.2) is 0 Å². The van der Waals surface area contributed by atoms with Crippen molar-refractivity contribution in [3.63, 3.8) is 0 Å². The third-order valence-corrected chi connectivity index (χ3v) is 5.63. The zero-order valence-corrected chi connectivity index (χ0v) is 19.1. The Morgan fingerprint density at radius 3 is 2.61 bits per heavy atom. The molecular formula is C27H25ClN2O3. The van der Waals surface area contributed by atoms with Crippen molar-refractivity contribution in [1.82, 2.24) is 5.32 Å². The molecule has 0 fully saturated rings. The van der Waals surface area contributed by atoms with Gasteiger partial charge in [0.2, 0.25) is 5.91 Å². The highest BCUT2D eigenvalue weighted by Gasteiger charge is 2.31. The number of hydrogen-bond donors (Lipinski definition) is 1. The van der Waals surface area contributed by atoms with Crippen molar-refractivity contribution in [3.8, 4) is 5.75 Å². The summed E-state index contributed by atoms with van der Waals surface area (Å²) in [6, 6.07) is 24.5. The zero-order chi connectivity index (χ0) is 23.2. The molecule has 0 aromatic heterocycles. The average molecular weight is 461 g/mol. The molecule has 33 heavy (non-hydrogen) atoms. The van der Waals surface area contributed by atoms with E-state index >= 15 is 0 Å². The Morgan fingerprint density at radius 1 is 1.06 bits per heavy atom. The topological polar surface area (TPSA) is 58.6 Å². The summed E-state index contributed by atoms with van der Waals surface area (Å²) in [5.74, 6) is 0.0691. The summed E-state index contributed by atoms with van der Waals surface area (Å²) in [6.45, 7) is 1.88. The van der Waals surface area contributed by atoms with E-state index in [-0.39, 0.29) is 30.2 Å². The minimum atomic E-state index is -0.374. The van der Waals surface area contributed by atoms with Gasteiger partial charge in [-0.15, -0.1) is 0 Å². The Hall–Kier alpha value is -3.57. The molecule has 1 atom stereocenters. The molecule has 1 aliphatic rings. The number of nitrogens with zero attached hydrogens (tertiary/aromatic N) is 1. The monoisotopic (exact) mass is 460 g/mol. The van der Waals surface area contributed by atoms with Crippen LogP contribution in [0.3, 0.4) is 0 Å². The van der Waals surface area contributed by atoms with Gasteiger partial charge in [0.05, 0.1) is 5.69 Å². The predicted molar refractivity (Wildman–Crippen MR) is 131 cm³/mol. The molecule has 0 saturated carbocycles. The summed E-state index contributed by atoms with van der Waals surface area (Å²) in [5, 5.41) is 3.57. The van der Waals surface area contributed by atoms with Crippen LogP contribution in [0.25, 0.3) is 6.08 Å². The quantitative estimate of drug-likeness (QED) is 0.490. The van der Waals surface area contributed by atoms with E-state index in [2.05, 4.69) is 17.4 Å². The van der Waals surface area contributed by atoms with E-state index in [0.29, 0.717) is 16.5 Å². The molecule has 5 nitrogen and oxygen atoms in total. The van der Waals surface area contributed by atoms with E-state index in [9.17, 15) is 9.59 Å². The van der Waals surface area contributed by atoms with Gasteiger partial charge in [0.15, 0.2) is 11.5 Å². The minimum absolute atomic E-state index is 0.0226. The first-order valence-electron chi connectivity index (χ1n) is 10.9. The molecule has 4 rings (SSSR count). The number of carbonyl (C=O) groups excluding carboxylic acids is 2. The van der Waals surface area contributed by atoms with Crippen LogP contribution in [0.1, 0.15) is 24.5 Å². The lowest BCUT2D eigenvalue weighted by molar-refractivity contribution is -0.123. The fourth-order valence-electron chi connectivity index (χ4n) is 3.73. The van der Waals surface area contributed by atoms with Crippen molar-refractivity contribution >= 4 is 35.2 Å². The summed E-state index contributed by atoms with van der Waals surface area (Å²) in [5.41, 5.74) is 2.54. The smallest absolute Gasteiger partial charge is 0.294 e. The molecule has 1 aliphatic heterocycles. The van der Waals surface area contributed by atoms with Crippen molar-refractivity contribution in [2.75, 3.05) is 11.4 Å². The van der Waals surface area contributed by atoms with Crippen LogP contribution in [-0.2, 0) is 16.0 Å². The lowest BCUT2D eigenvalue weighted by Gasteiger charge is -2.30. The number of anilines is 1. The average Bonchev–Trinajstić information content (AvgIpc) is 2.81. The molecule has 0 aliphatic carbocycles. The number of fused-ring (bicyclic) bond motifs is 1. The standard InChI is InChI=1S/C27H25ClN2O3/c1-19(14-15-20-8-3-2-4-9-20)29-26(31)18-30-23-12-5-6-13-24(23)33-25(27(30)32)17-21-10-7-11-22(28)16-21/h2-13,16-17,19H,14-15,18H2,1H3,(H,29,31)/b25-17+/t19-/m0/s1. The van der Waals surface area contributed by atoms with E-state index in [1.54, 1.807) is 36.4 Å². The van der Waals surface area contributed by atoms with Crippen molar-refractivity contribution in [2.24, 2.45) is 0 Å². The molecule has 2 amide bonds. The van der Waals surface area contributed by atoms with Crippen molar-refractivity contribution in [1.29, 1.82) is 0 Å². The highest BCUT2D eigenvalue weighted by atomic mass is 35.5. The number of aryl methyl sites for hydroxylation is 1. The molecule has 168 valence electrons. The molecule has 0 spiro atoms. The number of rotatable bonds is 7. The van der Waals surface area contributed by atoms with Crippen LogP contribution < -0.4 is 15.0 Å². The Labute approximate surface area is 198 Å². The second-order valence-corrected chi connectivity index (χ2v) is 8.45. The van der Waals surface area contributed by atoms with Crippen LogP contribution in [0.15, 0.2) is 84.6 Å².